The predicted octanol–water partition coefficient (Wildman–Crippen LogP) is -2.94. The molecule has 1 radical (unpaired) electrons. The van der Waals surface area contributed by atoms with Crippen LogP contribution in [0.1, 0.15) is 0 Å². The van der Waals surface area contributed by atoms with E-state index in [0.29, 0.717) is 18.2 Å². The van der Waals surface area contributed by atoms with Crippen molar-refractivity contribution < 1.29 is 249 Å². The molecule has 0 bridgehead atoms. The van der Waals surface area contributed by atoms with Crippen molar-refractivity contribution in [2.24, 2.45) is 0 Å². The van der Waals surface area contributed by atoms with Crippen molar-refractivity contribution in [3.63, 3.8) is 0 Å². The first-order chi connectivity index (χ1) is 27.0. The van der Waals surface area contributed by atoms with Crippen LogP contribution < -0.4 is 154 Å². The molecule has 6 aromatic rings. The van der Waals surface area contributed by atoms with Gasteiger partial charge in [-0.15, -0.1) is 17.1 Å². The fraction of sp³-hybridized carbons (Fsp3) is 0. The third-order valence-electron chi connectivity index (χ3n) is 7.89. The van der Waals surface area contributed by atoms with Crippen LogP contribution in [0.2, 0.25) is 0 Å². The summed E-state index contributed by atoms with van der Waals surface area (Å²) in [6, 6.07) is 10.4. The molecule has 0 aliphatic carbocycles. The Morgan fingerprint density at radius 3 is 0.641 bits per heavy atom. The molecule has 24 nitrogen and oxygen atoms in total. The van der Waals surface area contributed by atoms with Gasteiger partial charge >= 0.3 is 171 Å². The van der Waals surface area contributed by atoms with E-state index in [2.05, 4.69) is 0 Å². The number of hydrogen-bond acceptors (Lipinski definition) is 18. The average Bonchev–Trinajstić information content (AvgIpc) is 3.10. The van der Waals surface area contributed by atoms with Crippen LogP contribution >= 0.6 is 0 Å². The summed E-state index contributed by atoms with van der Waals surface area (Å²) in [5.74, 6) is 0. The topological polar surface area (TPSA) is 486 Å². The Bertz CT molecular complexity index is 3150. The van der Waals surface area contributed by atoms with Crippen LogP contribution in [-0.4, -0.2) is 77.8 Å². The number of rotatable bonds is 6. The van der Waals surface area contributed by atoms with Crippen molar-refractivity contribution in [3.05, 3.63) is 107 Å². The Balaban J connectivity index is 0.000000902. The number of nitrogens with one attached hydrogen (secondary N) is 6. The molecule has 6 aromatic carbocycles. The fourth-order valence-electron chi connectivity index (χ4n) is 5.18. The van der Waals surface area contributed by atoms with Crippen LogP contribution in [0.15, 0.2) is 102 Å². The van der Waals surface area contributed by atoms with Gasteiger partial charge in [-0.1, -0.05) is 36.4 Å². The van der Waals surface area contributed by atoms with Crippen molar-refractivity contribution in [1.82, 2.24) is 0 Å². The molecule has 64 heavy (non-hydrogen) atoms. The summed E-state index contributed by atoms with van der Waals surface area (Å²) in [7, 11) is -30.1. The summed E-state index contributed by atoms with van der Waals surface area (Å²) in [5, 5.41) is -1.38. The van der Waals surface area contributed by atoms with Gasteiger partial charge in [0.2, 0.25) is 0 Å². The summed E-state index contributed by atoms with van der Waals surface area (Å²) < 4.78 is 199. The minimum Gasteiger partial charge on any atom is -0.744 e. The molecule has 0 aliphatic heterocycles. The van der Waals surface area contributed by atoms with E-state index in [0.717, 1.165) is 54.6 Å². The summed E-state index contributed by atoms with van der Waals surface area (Å²) in [4.78, 5) is -5.51. The third-order valence-corrected chi connectivity index (χ3v) is 13.0. The first-order valence-electron chi connectivity index (χ1n) is 14.9. The zero-order valence-corrected chi connectivity index (χ0v) is 47.5. The Morgan fingerprint density at radius 2 is 0.484 bits per heavy atom. The molecule has 0 saturated carbocycles. The molecule has 34 heteroatoms. The molecule has 0 amide bonds. The molecule has 0 fully saturated rings. The van der Waals surface area contributed by atoms with E-state index in [9.17, 15) is 77.8 Å². The van der Waals surface area contributed by atoms with Gasteiger partial charge in [0.25, 0.3) is 0 Å². The minimum absolute atomic E-state index is 0. The first kappa shape index (κ1) is 63.8. The predicted molar refractivity (Wildman–Crippen MR) is 204 cm³/mol. The van der Waals surface area contributed by atoms with Gasteiger partial charge < -0.3 is 61.7 Å². The summed E-state index contributed by atoms with van der Waals surface area (Å²) in [5.41, 5.74) is 42.7. The molecule has 0 spiro atoms. The fourth-order valence-corrected chi connectivity index (χ4v) is 9.13. The molecule has 0 saturated heterocycles. The molecular formula is C30H18FeK3N6O18S6-6. The zero-order chi connectivity index (χ0) is 45.9. The van der Waals surface area contributed by atoms with Crippen LogP contribution in [0, 0.1) is 0 Å². The van der Waals surface area contributed by atoms with Crippen LogP contribution in [0.5, 0.6) is 0 Å². The van der Waals surface area contributed by atoms with Gasteiger partial charge in [-0.2, -0.15) is 17.1 Å². The van der Waals surface area contributed by atoms with E-state index in [1.807, 2.05) is 0 Å². The van der Waals surface area contributed by atoms with Crippen LogP contribution in [0.3, 0.4) is 0 Å². The van der Waals surface area contributed by atoms with E-state index >= 15 is 0 Å². The van der Waals surface area contributed by atoms with Crippen molar-refractivity contribution in [2.75, 3.05) is 0 Å². The molecule has 6 rings (SSSR count). The van der Waals surface area contributed by atoms with Gasteiger partial charge in [0.1, 0.15) is 60.7 Å². The second-order valence-electron chi connectivity index (χ2n) is 11.7. The van der Waals surface area contributed by atoms with Gasteiger partial charge in [0.15, 0.2) is 0 Å². The summed E-state index contributed by atoms with van der Waals surface area (Å²) in [6.45, 7) is 0. The van der Waals surface area contributed by atoms with Gasteiger partial charge in [-0.3, -0.25) is 0 Å². The van der Waals surface area contributed by atoms with E-state index in [1.54, 1.807) is 0 Å². The molecule has 329 valence electrons. The standard InChI is InChI=1S/3C10H8N2O6S2.Fe.3K/c3*11-8-2-1-6-7(10(8)12)3-5(19(13,14)15)4-9(6)20(16,17)18;;;;/h3*1-4,11-12H,(H,13,14,15)(H,16,17,18);;;;/q3*-2;+3;3*+1/p-6. The molecular weight excluding hydrogens is 1100 g/mol. The Hall–Kier alpha value is -0.211. The van der Waals surface area contributed by atoms with Crippen LogP contribution in [-0.2, 0) is 77.8 Å². The molecule has 0 heterocycles. The number of benzene rings is 6. The van der Waals surface area contributed by atoms with Gasteiger partial charge in [-0.05, 0) is 68.7 Å². The zero-order valence-electron chi connectivity index (χ0n) is 32.1. The van der Waals surface area contributed by atoms with Crippen molar-refractivity contribution in [3.8, 4) is 0 Å². The quantitative estimate of drug-likeness (QED) is 0.119. The van der Waals surface area contributed by atoms with Gasteiger partial charge in [0, 0.05) is 0 Å². The number of hydrogen-bond donors (Lipinski definition) is 0. The van der Waals surface area contributed by atoms with E-state index in [-0.39, 0.29) is 221 Å². The number of fused-ring (bicyclic) bond motifs is 3. The van der Waals surface area contributed by atoms with Crippen molar-refractivity contribution >= 4 is 127 Å². The maximum atomic E-state index is 11.2. The molecule has 0 atom stereocenters. The monoisotopic (exact) mass is 1110 g/mol. The van der Waals surface area contributed by atoms with E-state index in [1.165, 1.54) is 0 Å². The van der Waals surface area contributed by atoms with Gasteiger partial charge in [0.05, 0.1) is 29.4 Å². The van der Waals surface area contributed by atoms with Gasteiger partial charge in [-0.25, -0.2) is 50.5 Å². The molecule has 0 aromatic heterocycles. The molecule has 0 aliphatic rings. The summed E-state index contributed by atoms with van der Waals surface area (Å²) in [6.07, 6.45) is 0. The maximum absolute atomic E-state index is 11.2. The maximum Gasteiger partial charge on any atom is 3.00 e. The normalized spacial score (nSPS) is 11.9. The van der Waals surface area contributed by atoms with Crippen molar-refractivity contribution in [2.45, 2.75) is 29.4 Å². The molecule has 0 unspecified atom stereocenters. The minimum atomic E-state index is -5.04. The van der Waals surface area contributed by atoms with E-state index in [4.69, 9.17) is 34.4 Å². The average molecular weight is 1120 g/mol. The first-order valence-corrected chi connectivity index (χ1v) is 23.4. The van der Waals surface area contributed by atoms with E-state index < -0.39 is 107 Å². The summed E-state index contributed by atoms with van der Waals surface area (Å²) >= 11 is 0. The Kier molecular flexibility index (Phi) is 23.1. The Morgan fingerprint density at radius 1 is 0.297 bits per heavy atom. The second-order valence-corrected chi connectivity index (χ2v) is 19.9. The second kappa shape index (κ2) is 23.1. The van der Waals surface area contributed by atoms with Crippen LogP contribution in [0.4, 0.5) is 34.1 Å². The third kappa shape index (κ3) is 15.1. The molecule has 6 N–H and O–H groups in total. The SMILES string of the molecule is [Fe+3].[K+].[K+].[K+].[NH-]c1ccc2c(S(=O)(=O)[O-])cc(S(=O)(=O)[O-])cc2c1[NH-].[NH-]c1ccc2c(S(=O)(=O)[O-])cc(S(=O)(=O)[O-])cc2c1[NH-].[NH-]c1ccc2c(S(=O)(=O)[O-])cc(S(=O)(=O)[O-])cc2c1[NH-]. The smallest absolute Gasteiger partial charge is 0.744 e. The van der Waals surface area contributed by atoms with Crippen LogP contribution in [0.25, 0.3) is 66.7 Å². The Labute approximate surface area is 503 Å². The van der Waals surface area contributed by atoms with Crippen molar-refractivity contribution in [1.29, 1.82) is 0 Å². The largest absolute Gasteiger partial charge is 3.00 e.